The molecular formula is C22H28N4O3. The highest BCUT2D eigenvalue weighted by atomic mass is 16.5. The molecule has 1 aliphatic rings. The van der Waals surface area contributed by atoms with E-state index in [1.165, 1.54) is 11.8 Å². The van der Waals surface area contributed by atoms with Crippen LogP contribution in [-0.4, -0.2) is 63.6 Å². The highest BCUT2D eigenvalue weighted by molar-refractivity contribution is 6.02. The van der Waals surface area contributed by atoms with Gasteiger partial charge in [0, 0.05) is 44.5 Å². The maximum Gasteiger partial charge on any atom is 0.244 e. The molecule has 0 bridgehead atoms. The Balaban J connectivity index is 1.64. The molecule has 0 unspecified atom stereocenters. The number of likely N-dealkylation sites (N-methyl/N-ethyl adjacent to an activating group) is 1. The molecule has 29 heavy (non-hydrogen) atoms. The second-order valence-corrected chi connectivity index (χ2v) is 7.16. The highest BCUT2D eigenvalue weighted by Gasteiger charge is 2.19. The number of piperazine rings is 1. The van der Waals surface area contributed by atoms with Crippen LogP contribution in [0.4, 0.5) is 17.1 Å². The molecule has 0 atom stereocenters. The monoisotopic (exact) mass is 396 g/mol. The molecule has 2 aromatic rings. The summed E-state index contributed by atoms with van der Waals surface area (Å²) in [6.45, 7) is 5.43. The first-order chi connectivity index (χ1) is 14.0. The van der Waals surface area contributed by atoms with Gasteiger partial charge < -0.3 is 19.9 Å². The molecule has 1 fully saturated rings. The minimum atomic E-state index is -0.265. The second-order valence-electron chi connectivity index (χ2n) is 7.16. The molecule has 0 aromatic heterocycles. The maximum absolute atomic E-state index is 12.6. The average Bonchev–Trinajstić information content (AvgIpc) is 2.73. The van der Waals surface area contributed by atoms with Crippen LogP contribution in [0.2, 0.25) is 0 Å². The molecule has 2 aromatic carbocycles. The van der Waals surface area contributed by atoms with E-state index in [-0.39, 0.29) is 18.4 Å². The SMILES string of the molecule is COc1ccccc1N(CC(=O)Nc1ccc(N2CCN(C)CC2)cc1)C(C)=O. The van der Waals surface area contributed by atoms with Gasteiger partial charge in [0.25, 0.3) is 0 Å². The molecule has 154 valence electrons. The topological polar surface area (TPSA) is 65.1 Å². The van der Waals surface area contributed by atoms with Crippen molar-refractivity contribution in [1.29, 1.82) is 0 Å². The first-order valence-corrected chi connectivity index (χ1v) is 9.72. The fraction of sp³-hybridized carbons (Fsp3) is 0.364. The molecule has 1 heterocycles. The highest BCUT2D eigenvalue weighted by Crippen LogP contribution is 2.27. The number of amides is 2. The van der Waals surface area contributed by atoms with Crippen molar-refractivity contribution in [2.24, 2.45) is 0 Å². The molecule has 7 nitrogen and oxygen atoms in total. The molecule has 1 saturated heterocycles. The zero-order valence-corrected chi connectivity index (χ0v) is 17.2. The Bertz CT molecular complexity index is 845. The van der Waals surface area contributed by atoms with Crippen molar-refractivity contribution in [3.63, 3.8) is 0 Å². The summed E-state index contributed by atoms with van der Waals surface area (Å²) in [5.41, 5.74) is 2.43. The molecular weight excluding hydrogens is 368 g/mol. The van der Waals surface area contributed by atoms with E-state index >= 15 is 0 Å². The van der Waals surface area contributed by atoms with Crippen LogP contribution in [-0.2, 0) is 9.59 Å². The van der Waals surface area contributed by atoms with Gasteiger partial charge in [-0.2, -0.15) is 0 Å². The lowest BCUT2D eigenvalue weighted by Crippen LogP contribution is -2.44. The molecule has 0 saturated carbocycles. The van der Waals surface area contributed by atoms with E-state index in [2.05, 4.69) is 22.2 Å². The standard InChI is InChI=1S/C22H28N4O3/c1-17(27)26(20-6-4-5-7-21(20)29-3)16-22(28)23-18-8-10-19(11-9-18)25-14-12-24(2)13-15-25/h4-11H,12-16H2,1-3H3,(H,23,28). The van der Waals surface area contributed by atoms with Crippen LogP contribution in [0.1, 0.15) is 6.92 Å². The Morgan fingerprint density at radius 3 is 2.31 bits per heavy atom. The van der Waals surface area contributed by atoms with Crippen LogP contribution in [0.25, 0.3) is 0 Å². The van der Waals surface area contributed by atoms with Gasteiger partial charge in [-0.25, -0.2) is 0 Å². The fourth-order valence-corrected chi connectivity index (χ4v) is 3.38. The summed E-state index contributed by atoms with van der Waals surface area (Å²) in [5, 5.41) is 2.87. The molecule has 1 N–H and O–H groups in total. The van der Waals surface area contributed by atoms with E-state index in [1.807, 2.05) is 36.4 Å². The van der Waals surface area contributed by atoms with Crippen LogP contribution in [0.15, 0.2) is 48.5 Å². The number of carbonyl (C=O) groups is 2. The van der Waals surface area contributed by atoms with Crippen molar-refractivity contribution in [3.05, 3.63) is 48.5 Å². The summed E-state index contributed by atoms with van der Waals surface area (Å²) in [4.78, 5) is 30.7. The van der Waals surface area contributed by atoms with Crippen LogP contribution < -0.4 is 19.9 Å². The largest absolute Gasteiger partial charge is 0.495 e. The number of para-hydroxylation sites is 2. The van der Waals surface area contributed by atoms with E-state index in [0.717, 1.165) is 31.9 Å². The van der Waals surface area contributed by atoms with Crippen LogP contribution in [0.3, 0.4) is 0 Å². The summed E-state index contributed by atoms with van der Waals surface area (Å²) in [5.74, 6) is 0.0561. The van der Waals surface area contributed by atoms with Crippen molar-refractivity contribution in [3.8, 4) is 5.75 Å². The number of nitrogens with zero attached hydrogens (tertiary/aromatic N) is 3. The number of methoxy groups -OCH3 is 1. The smallest absolute Gasteiger partial charge is 0.244 e. The summed E-state index contributed by atoms with van der Waals surface area (Å²) < 4.78 is 5.32. The van der Waals surface area contributed by atoms with Gasteiger partial charge in [-0.3, -0.25) is 14.5 Å². The normalized spacial score (nSPS) is 14.4. The minimum absolute atomic E-state index is 0.0874. The maximum atomic E-state index is 12.6. The first kappa shape index (κ1) is 20.7. The van der Waals surface area contributed by atoms with E-state index in [1.54, 1.807) is 19.2 Å². The number of rotatable bonds is 6. The zero-order chi connectivity index (χ0) is 20.8. The Morgan fingerprint density at radius 2 is 1.69 bits per heavy atom. The third-order valence-electron chi connectivity index (χ3n) is 5.08. The summed E-state index contributed by atoms with van der Waals surface area (Å²) in [7, 11) is 3.67. The van der Waals surface area contributed by atoms with Crippen LogP contribution in [0, 0.1) is 0 Å². The van der Waals surface area contributed by atoms with E-state index in [0.29, 0.717) is 17.1 Å². The zero-order valence-electron chi connectivity index (χ0n) is 17.2. The Labute approximate surface area is 171 Å². The summed E-state index contributed by atoms with van der Waals surface area (Å²) >= 11 is 0. The number of carbonyl (C=O) groups excluding carboxylic acids is 2. The number of hydrogen-bond acceptors (Lipinski definition) is 5. The third kappa shape index (κ3) is 5.26. The Morgan fingerprint density at radius 1 is 1.03 bits per heavy atom. The summed E-state index contributed by atoms with van der Waals surface area (Å²) in [6.07, 6.45) is 0. The Kier molecular flexibility index (Phi) is 6.72. The van der Waals surface area contributed by atoms with Crippen molar-refractivity contribution in [1.82, 2.24) is 4.90 Å². The number of nitrogens with one attached hydrogen (secondary N) is 1. The number of anilines is 3. The van der Waals surface area contributed by atoms with Gasteiger partial charge in [0.2, 0.25) is 11.8 Å². The predicted octanol–water partition coefficient (Wildman–Crippen LogP) is 2.44. The van der Waals surface area contributed by atoms with Crippen LogP contribution >= 0.6 is 0 Å². The predicted molar refractivity (Wildman–Crippen MR) is 116 cm³/mol. The first-order valence-electron chi connectivity index (χ1n) is 9.72. The van der Waals surface area contributed by atoms with Gasteiger partial charge in [-0.1, -0.05) is 12.1 Å². The van der Waals surface area contributed by atoms with Gasteiger partial charge >= 0.3 is 0 Å². The van der Waals surface area contributed by atoms with Gasteiger partial charge in [0.1, 0.15) is 12.3 Å². The quantitative estimate of drug-likeness (QED) is 0.813. The van der Waals surface area contributed by atoms with Crippen molar-refractivity contribution in [2.75, 3.05) is 62.0 Å². The minimum Gasteiger partial charge on any atom is -0.495 e. The van der Waals surface area contributed by atoms with E-state index in [4.69, 9.17) is 4.74 Å². The van der Waals surface area contributed by atoms with Crippen molar-refractivity contribution in [2.45, 2.75) is 6.92 Å². The van der Waals surface area contributed by atoms with Crippen molar-refractivity contribution < 1.29 is 14.3 Å². The molecule has 3 rings (SSSR count). The lowest BCUT2D eigenvalue weighted by Gasteiger charge is -2.34. The Hall–Kier alpha value is -3.06. The third-order valence-corrected chi connectivity index (χ3v) is 5.08. The molecule has 0 radical (unpaired) electrons. The van der Waals surface area contributed by atoms with E-state index in [9.17, 15) is 9.59 Å². The van der Waals surface area contributed by atoms with Crippen LogP contribution in [0.5, 0.6) is 5.75 Å². The van der Waals surface area contributed by atoms with E-state index < -0.39 is 0 Å². The molecule has 1 aliphatic heterocycles. The fourth-order valence-electron chi connectivity index (χ4n) is 3.38. The number of benzene rings is 2. The molecule has 0 aliphatic carbocycles. The molecule has 0 spiro atoms. The second kappa shape index (κ2) is 9.43. The van der Waals surface area contributed by atoms with Gasteiger partial charge in [0.05, 0.1) is 12.8 Å². The molecule has 7 heteroatoms. The summed E-state index contributed by atoms with van der Waals surface area (Å²) in [6, 6.07) is 15.0. The van der Waals surface area contributed by atoms with Crippen molar-refractivity contribution >= 4 is 28.9 Å². The molecule has 2 amide bonds. The number of hydrogen-bond donors (Lipinski definition) is 1. The lowest BCUT2D eigenvalue weighted by molar-refractivity contribution is -0.120. The average molecular weight is 396 g/mol. The van der Waals surface area contributed by atoms with Gasteiger partial charge in [-0.15, -0.1) is 0 Å². The van der Waals surface area contributed by atoms with Gasteiger partial charge in [0.15, 0.2) is 0 Å². The number of ether oxygens (including phenoxy) is 1. The lowest BCUT2D eigenvalue weighted by atomic mass is 10.2. The van der Waals surface area contributed by atoms with Gasteiger partial charge in [-0.05, 0) is 43.4 Å².